The fraction of sp³-hybridized carbons (Fsp3) is 0.289. The minimum absolute atomic E-state index is 0.176. The molecule has 0 aliphatic carbocycles. The molecule has 0 radical (unpaired) electrons. The Kier molecular flexibility index (Phi) is 8.02. The van der Waals surface area contributed by atoms with Crippen LogP contribution in [0.2, 0.25) is 5.02 Å². The van der Waals surface area contributed by atoms with Crippen molar-refractivity contribution in [1.29, 1.82) is 0 Å². The van der Waals surface area contributed by atoms with E-state index in [1.165, 1.54) is 5.56 Å². The molecule has 7 rings (SSSR count). The van der Waals surface area contributed by atoms with Crippen LogP contribution in [0.15, 0.2) is 91.0 Å². The number of piperidine rings is 1. The van der Waals surface area contributed by atoms with Gasteiger partial charge in [-0.15, -0.1) is 0 Å². The topological polar surface area (TPSA) is 91.0 Å². The lowest BCUT2D eigenvalue weighted by atomic mass is 9.66. The molecule has 8 nitrogen and oxygen atoms in total. The maximum absolute atomic E-state index is 14.0. The summed E-state index contributed by atoms with van der Waals surface area (Å²) in [6.45, 7) is 6.76. The molecule has 0 atom stereocenters. The molecule has 0 aromatic heterocycles. The zero-order chi connectivity index (χ0) is 32.8. The van der Waals surface area contributed by atoms with Gasteiger partial charge in [0.1, 0.15) is 11.5 Å². The van der Waals surface area contributed by atoms with Crippen LogP contribution >= 0.6 is 11.6 Å². The molecular formula is C38H37ClN4O4. The van der Waals surface area contributed by atoms with Crippen molar-refractivity contribution in [3.63, 3.8) is 0 Å². The summed E-state index contributed by atoms with van der Waals surface area (Å²) in [5, 5.41) is 6.38. The number of aryl methyl sites for hydroxylation is 2. The van der Waals surface area contributed by atoms with E-state index < -0.39 is 23.5 Å². The number of amides is 5. The number of hydrogen-bond acceptors (Lipinski definition) is 5. The standard InChI is InChI=1S/C38H37ClN4O4/c1-25-8-12-27(13-9-25)38(28-14-10-26(2)11-15-28)34(44)43(36(46)41-38)35(45)40-20-5-21-42-22-18-37(19-23-42)30-6-3-4-7-32(30)47-33-17-16-29(39)24-31(33)37/h3-4,6-17,24H,5,18-23H2,1-2H3,(H,40,45)(H,41,46). The highest BCUT2D eigenvalue weighted by molar-refractivity contribution is 6.30. The van der Waals surface area contributed by atoms with Gasteiger partial charge in [-0.1, -0.05) is 89.5 Å². The Morgan fingerprint density at radius 3 is 2.13 bits per heavy atom. The molecule has 47 heavy (non-hydrogen) atoms. The van der Waals surface area contributed by atoms with E-state index in [4.69, 9.17) is 16.3 Å². The predicted molar refractivity (Wildman–Crippen MR) is 181 cm³/mol. The number of likely N-dealkylation sites (tertiary alicyclic amines) is 1. The third-order valence-corrected chi connectivity index (χ3v) is 10.1. The third kappa shape index (κ3) is 5.35. The average Bonchev–Trinajstić information content (AvgIpc) is 3.35. The van der Waals surface area contributed by atoms with Crippen molar-refractivity contribution >= 4 is 29.6 Å². The molecular weight excluding hydrogens is 612 g/mol. The number of carbonyl (C=O) groups excluding carboxylic acids is 3. The second kappa shape index (κ2) is 12.2. The molecule has 1 spiro atoms. The molecule has 0 saturated carbocycles. The SMILES string of the molecule is Cc1ccc(C2(c3ccc(C)cc3)NC(=O)N(C(=O)NCCCN3CCC4(CC3)c3ccccc3Oc3ccc(Cl)cc34)C2=O)cc1. The first kappa shape index (κ1) is 31.0. The van der Waals surface area contributed by atoms with E-state index in [9.17, 15) is 14.4 Å². The minimum atomic E-state index is -1.49. The summed E-state index contributed by atoms with van der Waals surface area (Å²) in [7, 11) is 0. The monoisotopic (exact) mass is 648 g/mol. The van der Waals surface area contributed by atoms with Crippen LogP contribution in [0.4, 0.5) is 9.59 Å². The van der Waals surface area contributed by atoms with Gasteiger partial charge in [0.15, 0.2) is 5.54 Å². The van der Waals surface area contributed by atoms with Crippen LogP contribution in [0.25, 0.3) is 0 Å². The Bertz CT molecular complexity index is 1800. The number of carbonyl (C=O) groups is 3. The maximum atomic E-state index is 14.0. The van der Waals surface area contributed by atoms with Crippen LogP contribution in [-0.4, -0.2) is 53.9 Å². The zero-order valence-electron chi connectivity index (χ0n) is 26.5. The number of ether oxygens (including phenoxy) is 1. The molecule has 2 fully saturated rings. The predicted octanol–water partition coefficient (Wildman–Crippen LogP) is 7.04. The Morgan fingerprint density at radius 1 is 0.851 bits per heavy atom. The number of para-hydroxylation sites is 1. The van der Waals surface area contributed by atoms with E-state index in [2.05, 4.69) is 27.7 Å². The van der Waals surface area contributed by atoms with Crippen molar-refractivity contribution in [2.45, 2.75) is 44.1 Å². The molecule has 3 heterocycles. The van der Waals surface area contributed by atoms with Crippen molar-refractivity contribution in [2.24, 2.45) is 0 Å². The summed E-state index contributed by atoms with van der Waals surface area (Å²) in [6, 6.07) is 27.5. The van der Waals surface area contributed by atoms with Gasteiger partial charge in [0.05, 0.1) is 0 Å². The number of nitrogens with one attached hydrogen (secondary N) is 2. The van der Waals surface area contributed by atoms with Crippen molar-refractivity contribution < 1.29 is 19.1 Å². The van der Waals surface area contributed by atoms with Gasteiger partial charge in [0, 0.05) is 28.1 Å². The van der Waals surface area contributed by atoms with Crippen molar-refractivity contribution in [2.75, 3.05) is 26.2 Å². The number of benzene rings is 4. The van der Waals surface area contributed by atoms with Crippen molar-refractivity contribution in [3.05, 3.63) is 129 Å². The number of fused-ring (bicyclic) bond motifs is 4. The Hall–Kier alpha value is -4.66. The Balaban J connectivity index is 0.999. The molecule has 3 aliphatic rings. The van der Waals surface area contributed by atoms with Crippen LogP contribution in [0.5, 0.6) is 11.5 Å². The first-order valence-electron chi connectivity index (χ1n) is 16.1. The minimum Gasteiger partial charge on any atom is -0.457 e. The molecule has 0 bridgehead atoms. The van der Waals surface area contributed by atoms with Crippen molar-refractivity contribution in [1.82, 2.24) is 20.4 Å². The Morgan fingerprint density at radius 2 is 1.47 bits per heavy atom. The van der Waals surface area contributed by atoms with Crippen molar-refractivity contribution in [3.8, 4) is 11.5 Å². The zero-order valence-corrected chi connectivity index (χ0v) is 27.3. The highest BCUT2D eigenvalue weighted by Crippen LogP contribution is 2.53. The quantitative estimate of drug-likeness (QED) is 0.173. The Labute approximate surface area is 279 Å². The summed E-state index contributed by atoms with van der Waals surface area (Å²) in [5.74, 6) is 1.14. The van der Waals surface area contributed by atoms with Gasteiger partial charge in [-0.3, -0.25) is 4.79 Å². The largest absolute Gasteiger partial charge is 0.457 e. The van der Waals surface area contributed by atoms with E-state index >= 15 is 0 Å². The summed E-state index contributed by atoms with van der Waals surface area (Å²) in [5.41, 5.74) is 3.90. The molecule has 2 N–H and O–H groups in total. The van der Waals surface area contributed by atoms with Crippen LogP contribution in [0.1, 0.15) is 52.6 Å². The smallest absolute Gasteiger partial charge is 0.333 e. The van der Waals surface area contributed by atoms with Gasteiger partial charge < -0.3 is 20.3 Å². The maximum Gasteiger partial charge on any atom is 0.333 e. The van der Waals surface area contributed by atoms with E-state index in [0.29, 0.717) is 34.0 Å². The molecule has 0 unspecified atom stereocenters. The normalized spacial score (nSPS) is 17.9. The van der Waals surface area contributed by atoms with Gasteiger partial charge >= 0.3 is 12.1 Å². The summed E-state index contributed by atoms with van der Waals surface area (Å²) in [4.78, 5) is 43.7. The first-order chi connectivity index (χ1) is 22.7. The average molecular weight is 649 g/mol. The highest BCUT2D eigenvalue weighted by Gasteiger charge is 2.56. The number of nitrogens with zero attached hydrogens (tertiary/aromatic N) is 2. The summed E-state index contributed by atoms with van der Waals surface area (Å²) in [6.07, 6.45) is 2.50. The van der Waals surface area contributed by atoms with Gasteiger partial charge in [-0.2, -0.15) is 4.90 Å². The summed E-state index contributed by atoms with van der Waals surface area (Å²) >= 11 is 6.45. The number of urea groups is 2. The first-order valence-corrected chi connectivity index (χ1v) is 16.5. The lowest BCUT2D eigenvalue weighted by molar-refractivity contribution is -0.128. The van der Waals surface area contributed by atoms with Gasteiger partial charge in [0.2, 0.25) is 0 Å². The molecule has 4 aromatic carbocycles. The van der Waals surface area contributed by atoms with E-state index in [1.807, 2.05) is 92.7 Å². The van der Waals surface area contributed by atoms with Crippen LogP contribution in [-0.2, 0) is 15.7 Å². The second-order valence-electron chi connectivity index (χ2n) is 12.8. The second-order valence-corrected chi connectivity index (χ2v) is 13.2. The third-order valence-electron chi connectivity index (χ3n) is 9.91. The van der Waals surface area contributed by atoms with Gasteiger partial charge in [-0.25, -0.2) is 9.59 Å². The lowest BCUT2D eigenvalue weighted by Gasteiger charge is -2.46. The number of hydrogen-bond donors (Lipinski definition) is 2. The molecule has 240 valence electrons. The van der Waals surface area contributed by atoms with Gasteiger partial charge in [0.25, 0.3) is 5.91 Å². The van der Waals surface area contributed by atoms with E-state index in [1.54, 1.807) is 0 Å². The fourth-order valence-corrected chi connectivity index (χ4v) is 7.51. The van der Waals surface area contributed by atoms with Gasteiger partial charge in [-0.05, 0) is 88.1 Å². The number of rotatable bonds is 6. The van der Waals surface area contributed by atoms with E-state index in [-0.39, 0.29) is 5.41 Å². The molecule has 5 amide bonds. The van der Waals surface area contributed by atoms with Crippen LogP contribution in [0, 0.1) is 13.8 Å². The molecule has 9 heteroatoms. The number of halogens is 1. The lowest BCUT2D eigenvalue weighted by Crippen LogP contribution is -2.48. The summed E-state index contributed by atoms with van der Waals surface area (Å²) < 4.78 is 6.25. The molecule has 2 saturated heterocycles. The number of imide groups is 3. The van der Waals surface area contributed by atoms with Crippen LogP contribution < -0.4 is 15.4 Å². The molecule has 4 aromatic rings. The fourth-order valence-electron chi connectivity index (χ4n) is 7.33. The van der Waals surface area contributed by atoms with Crippen LogP contribution in [0.3, 0.4) is 0 Å². The molecule has 3 aliphatic heterocycles. The van der Waals surface area contributed by atoms with E-state index in [0.717, 1.165) is 60.7 Å². The highest BCUT2D eigenvalue weighted by atomic mass is 35.5.